The molecule has 2 rings (SSSR count). The molecule has 0 amide bonds. The minimum absolute atomic E-state index is 0.451. The quantitative estimate of drug-likeness (QED) is 0.732. The fourth-order valence-corrected chi connectivity index (χ4v) is 3.63. The number of piperidine rings is 1. The molecule has 1 aliphatic heterocycles. The normalized spacial score (nSPS) is 23.4. The fourth-order valence-electron chi connectivity index (χ4n) is 3.28. The van der Waals surface area contributed by atoms with Gasteiger partial charge in [-0.2, -0.15) is 0 Å². The maximum atomic E-state index is 5.56. The Morgan fingerprint density at radius 2 is 1.61 bits per heavy atom. The molecule has 0 aromatic heterocycles. The lowest BCUT2D eigenvalue weighted by Crippen LogP contribution is -2.48. The Labute approximate surface area is 118 Å². The molecule has 104 valence electrons. The average Bonchev–Trinajstić information content (AvgIpc) is 2.81. The first-order chi connectivity index (χ1) is 8.47. The van der Waals surface area contributed by atoms with Crippen molar-refractivity contribution in [2.75, 3.05) is 13.1 Å². The van der Waals surface area contributed by atoms with Gasteiger partial charge in [0, 0.05) is 19.1 Å². The smallest absolute Gasteiger partial charge is 0.169 e. The second-order valence-corrected chi connectivity index (χ2v) is 7.44. The maximum absolute atomic E-state index is 5.56. The molecule has 2 aliphatic rings. The van der Waals surface area contributed by atoms with E-state index < -0.39 is 0 Å². The molecule has 0 radical (unpaired) electrons. The lowest BCUT2D eigenvalue weighted by Gasteiger charge is -2.40. The molecule has 0 unspecified atom stereocenters. The van der Waals surface area contributed by atoms with Crippen LogP contribution >= 0.6 is 12.2 Å². The van der Waals surface area contributed by atoms with Crippen molar-refractivity contribution >= 4 is 17.3 Å². The Hall–Kier alpha value is -0.310. The Balaban J connectivity index is 1.76. The van der Waals surface area contributed by atoms with Gasteiger partial charge in [-0.25, -0.2) is 0 Å². The van der Waals surface area contributed by atoms with Crippen LogP contribution in [0.3, 0.4) is 0 Å². The van der Waals surface area contributed by atoms with E-state index in [4.69, 9.17) is 12.2 Å². The molecule has 0 aromatic rings. The van der Waals surface area contributed by atoms with Gasteiger partial charge in [0.1, 0.15) is 0 Å². The lowest BCUT2D eigenvalue weighted by molar-refractivity contribution is 0.148. The number of nitrogens with one attached hydrogen (secondary N) is 1. The highest BCUT2D eigenvalue weighted by Crippen LogP contribution is 2.34. The van der Waals surface area contributed by atoms with E-state index in [0.29, 0.717) is 11.5 Å². The second-order valence-electron chi connectivity index (χ2n) is 7.06. The van der Waals surface area contributed by atoms with Crippen LogP contribution in [0.5, 0.6) is 0 Å². The van der Waals surface area contributed by atoms with Gasteiger partial charge < -0.3 is 10.2 Å². The summed E-state index contributed by atoms with van der Waals surface area (Å²) in [6.45, 7) is 9.37. The van der Waals surface area contributed by atoms with E-state index in [-0.39, 0.29) is 0 Å². The standard InChI is InChI=1S/C15H28N2S/c1-15(2,3)12-8-10-17(11-9-12)14(18)16-13-6-4-5-7-13/h12-13H,4-11H2,1-3H3,(H,16,18). The minimum atomic E-state index is 0.451. The number of hydrogen-bond acceptors (Lipinski definition) is 1. The third-order valence-electron chi connectivity index (χ3n) is 4.69. The summed E-state index contributed by atoms with van der Waals surface area (Å²) >= 11 is 5.56. The molecule has 2 nitrogen and oxygen atoms in total. The molecule has 0 spiro atoms. The summed E-state index contributed by atoms with van der Waals surface area (Å²) < 4.78 is 0. The predicted octanol–water partition coefficient (Wildman–Crippen LogP) is 3.56. The molecule has 1 aliphatic carbocycles. The molecule has 1 N–H and O–H groups in total. The summed E-state index contributed by atoms with van der Waals surface area (Å²) in [6.07, 6.45) is 7.92. The Bertz CT molecular complexity index is 281. The van der Waals surface area contributed by atoms with Crippen LogP contribution < -0.4 is 5.32 Å². The number of rotatable bonds is 1. The number of hydrogen-bond donors (Lipinski definition) is 1. The zero-order valence-corrected chi connectivity index (χ0v) is 13.0. The van der Waals surface area contributed by atoms with E-state index in [0.717, 1.165) is 24.1 Å². The summed E-state index contributed by atoms with van der Waals surface area (Å²) in [6, 6.07) is 0.651. The van der Waals surface area contributed by atoms with Crippen molar-refractivity contribution in [2.24, 2.45) is 11.3 Å². The lowest BCUT2D eigenvalue weighted by atomic mass is 9.75. The van der Waals surface area contributed by atoms with Gasteiger partial charge in [-0.15, -0.1) is 0 Å². The first kappa shape index (κ1) is 14.1. The maximum Gasteiger partial charge on any atom is 0.169 e. The van der Waals surface area contributed by atoms with E-state index in [2.05, 4.69) is 31.0 Å². The molecule has 0 atom stereocenters. The van der Waals surface area contributed by atoms with Crippen molar-refractivity contribution in [1.29, 1.82) is 0 Å². The zero-order valence-electron chi connectivity index (χ0n) is 12.2. The molecule has 1 heterocycles. The molecular weight excluding hydrogens is 240 g/mol. The van der Waals surface area contributed by atoms with E-state index >= 15 is 0 Å². The van der Waals surface area contributed by atoms with Gasteiger partial charge in [-0.3, -0.25) is 0 Å². The first-order valence-electron chi connectivity index (χ1n) is 7.52. The molecule has 0 aromatic carbocycles. The van der Waals surface area contributed by atoms with Gasteiger partial charge in [-0.1, -0.05) is 33.6 Å². The largest absolute Gasteiger partial charge is 0.360 e. The van der Waals surface area contributed by atoms with Crippen LogP contribution in [0.4, 0.5) is 0 Å². The predicted molar refractivity (Wildman–Crippen MR) is 81.7 cm³/mol. The molecule has 1 saturated carbocycles. The van der Waals surface area contributed by atoms with Crippen LogP contribution in [-0.2, 0) is 0 Å². The van der Waals surface area contributed by atoms with Gasteiger partial charge in [0.05, 0.1) is 0 Å². The van der Waals surface area contributed by atoms with Gasteiger partial charge in [-0.05, 0) is 49.2 Å². The topological polar surface area (TPSA) is 15.3 Å². The molecule has 2 fully saturated rings. The van der Waals surface area contributed by atoms with Crippen LogP contribution in [0.2, 0.25) is 0 Å². The van der Waals surface area contributed by atoms with Crippen molar-refractivity contribution in [3.63, 3.8) is 0 Å². The number of thiocarbonyl (C=S) groups is 1. The van der Waals surface area contributed by atoms with Gasteiger partial charge in [0.25, 0.3) is 0 Å². The Kier molecular flexibility index (Phi) is 4.52. The SMILES string of the molecule is CC(C)(C)C1CCN(C(=S)NC2CCCC2)CC1. The highest BCUT2D eigenvalue weighted by molar-refractivity contribution is 7.80. The molecule has 0 bridgehead atoms. The summed E-state index contributed by atoms with van der Waals surface area (Å²) in [5.41, 5.74) is 0.451. The molecular formula is C15H28N2S. The van der Waals surface area contributed by atoms with Crippen molar-refractivity contribution in [3.8, 4) is 0 Å². The van der Waals surface area contributed by atoms with E-state index in [1.807, 2.05) is 0 Å². The van der Waals surface area contributed by atoms with Gasteiger partial charge in [0.15, 0.2) is 5.11 Å². The highest BCUT2D eigenvalue weighted by atomic mass is 32.1. The molecule has 1 saturated heterocycles. The summed E-state index contributed by atoms with van der Waals surface area (Å²) in [5.74, 6) is 0.850. The number of likely N-dealkylation sites (tertiary alicyclic amines) is 1. The van der Waals surface area contributed by atoms with Crippen LogP contribution in [-0.4, -0.2) is 29.1 Å². The van der Waals surface area contributed by atoms with Crippen LogP contribution in [0, 0.1) is 11.3 Å². The van der Waals surface area contributed by atoms with Crippen molar-refractivity contribution in [2.45, 2.75) is 65.3 Å². The summed E-state index contributed by atoms with van der Waals surface area (Å²) in [5, 5.41) is 4.57. The van der Waals surface area contributed by atoms with Gasteiger partial charge >= 0.3 is 0 Å². The van der Waals surface area contributed by atoms with E-state index in [1.165, 1.54) is 38.5 Å². The fraction of sp³-hybridized carbons (Fsp3) is 0.933. The zero-order chi connectivity index (χ0) is 13.2. The van der Waals surface area contributed by atoms with Crippen LogP contribution in [0.1, 0.15) is 59.3 Å². The third-order valence-corrected chi connectivity index (χ3v) is 5.07. The average molecular weight is 268 g/mol. The summed E-state index contributed by atoms with van der Waals surface area (Å²) in [4.78, 5) is 2.38. The van der Waals surface area contributed by atoms with Crippen LogP contribution in [0.15, 0.2) is 0 Å². The molecule has 18 heavy (non-hydrogen) atoms. The Morgan fingerprint density at radius 3 is 2.11 bits per heavy atom. The Morgan fingerprint density at radius 1 is 1.06 bits per heavy atom. The van der Waals surface area contributed by atoms with Gasteiger partial charge in [0.2, 0.25) is 0 Å². The highest BCUT2D eigenvalue weighted by Gasteiger charge is 2.30. The van der Waals surface area contributed by atoms with Crippen LogP contribution in [0.25, 0.3) is 0 Å². The summed E-state index contributed by atoms with van der Waals surface area (Å²) in [7, 11) is 0. The van der Waals surface area contributed by atoms with E-state index in [1.54, 1.807) is 0 Å². The monoisotopic (exact) mass is 268 g/mol. The third kappa shape index (κ3) is 3.59. The molecule has 3 heteroatoms. The van der Waals surface area contributed by atoms with E-state index in [9.17, 15) is 0 Å². The number of nitrogens with zero attached hydrogens (tertiary/aromatic N) is 1. The van der Waals surface area contributed by atoms with Crippen molar-refractivity contribution in [1.82, 2.24) is 10.2 Å². The van der Waals surface area contributed by atoms with Crippen molar-refractivity contribution in [3.05, 3.63) is 0 Å². The van der Waals surface area contributed by atoms with Crippen molar-refractivity contribution < 1.29 is 0 Å². The second kappa shape index (κ2) is 5.77. The minimum Gasteiger partial charge on any atom is -0.360 e. The first-order valence-corrected chi connectivity index (χ1v) is 7.93.